The minimum absolute atomic E-state index is 0.0803. The van der Waals surface area contributed by atoms with Crippen molar-refractivity contribution in [3.05, 3.63) is 29.3 Å². The molecule has 3 heteroatoms. The molecule has 1 saturated heterocycles. The SMILES string of the molecule is Cc1ccc(C)c(NC(=O)C[C@H](C)[C@H]2CCCO2)c1. The van der Waals surface area contributed by atoms with Gasteiger partial charge in [0.1, 0.15) is 0 Å². The molecule has 0 bridgehead atoms. The molecule has 1 aromatic carbocycles. The van der Waals surface area contributed by atoms with Crippen molar-refractivity contribution in [3.63, 3.8) is 0 Å². The second-order valence-corrected chi connectivity index (χ2v) is 5.60. The van der Waals surface area contributed by atoms with Crippen LogP contribution in [0.2, 0.25) is 0 Å². The van der Waals surface area contributed by atoms with Gasteiger partial charge in [-0.25, -0.2) is 0 Å². The molecular formula is C16H23NO2. The number of ether oxygens (including phenoxy) is 1. The first-order valence-corrected chi connectivity index (χ1v) is 7.05. The van der Waals surface area contributed by atoms with Gasteiger partial charge >= 0.3 is 0 Å². The lowest BCUT2D eigenvalue weighted by Crippen LogP contribution is -2.23. The molecule has 0 aromatic heterocycles. The number of carbonyl (C=O) groups excluding carboxylic acids is 1. The summed E-state index contributed by atoms with van der Waals surface area (Å²) in [4.78, 5) is 12.1. The lowest BCUT2D eigenvalue weighted by Gasteiger charge is -2.18. The topological polar surface area (TPSA) is 38.3 Å². The number of amides is 1. The summed E-state index contributed by atoms with van der Waals surface area (Å²) in [5, 5.41) is 3.01. The summed E-state index contributed by atoms with van der Waals surface area (Å²) >= 11 is 0. The van der Waals surface area contributed by atoms with Crippen LogP contribution < -0.4 is 5.32 Å². The van der Waals surface area contributed by atoms with E-state index in [1.54, 1.807) is 0 Å². The highest BCUT2D eigenvalue weighted by atomic mass is 16.5. The molecule has 1 N–H and O–H groups in total. The first kappa shape index (κ1) is 14.1. The van der Waals surface area contributed by atoms with E-state index in [0.717, 1.165) is 36.3 Å². The maximum atomic E-state index is 12.1. The van der Waals surface area contributed by atoms with Crippen molar-refractivity contribution >= 4 is 11.6 Å². The quantitative estimate of drug-likeness (QED) is 0.901. The van der Waals surface area contributed by atoms with Crippen molar-refractivity contribution < 1.29 is 9.53 Å². The number of hydrogen-bond donors (Lipinski definition) is 1. The maximum absolute atomic E-state index is 12.1. The molecule has 19 heavy (non-hydrogen) atoms. The van der Waals surface area contributed by atoms with Crippen molar-refractivity contribution in [2.75, 3.05) is 11.9 Å². The van der Waals surface area contributed by atoms with Gasteiger partial charge < -0.3 is 10.1 Å². The van der Waals surface area contributed by atoms with Crippen molar-refractivity contribution in [2.45, 2.75) is 46.1 Å². The van der Waals surface area contributed by atoms with Crippen LogP contribution in [0, 0.1) is 19.8 Å². The van der Waals surface area contributed by atoms with Gasteiger partial charge in [0.25, 0.3) is 0 Å². The van der Waals surface area contributed by atoms with Gasteiger partial charge in [0.05, 0.1) is 6.10 Å². The van der Waals surface area contributed by atoms with Crippen LogP contribution in [0.4, 0.5) is 5.69 Å². The number of rotatable bonds is 4. The van der Waals surface area contributed by atoms with E-state index < -0.39 is 0 Å². The van der Waals surface area contributed by atoms with Crippen molar-refractivity contribution in [2.24, 2.45) is 5.92 Å². The molecule has 0 spiro atoms. The summed E-state index contributed by atoms with van der Waals surface area (Å²) in [6.45, 7) is 6.98. The lowest BCUT2D eigenvalue weighted by atomic mass is 9.98. The van der Waals surface area contributed by atoms with Crippen molar-refractivity contribution in [1.82, 2.24) is 0 Å². The lowest BCUT2D eigenvalue weighted by molar-refractivity contribution is -0.117. The third-order valence-corrected chi connectivity index (χ3v) is 3.77. The molecular weight excluding hydrogens is 238 g/mol. The Balaban J connectivity index is 1.91. The standard InChI is InChI=1S/C16H23NO2/c1-11-6-7-12(2)14(9-11)17-16(18)10-13(3)15-5-4-8-19-15/h6-7,9,13,15H,4-5,8,10H2,1-3H3,(H,17,18)/t13-,15+/m0/s1. The third kappa shape index (κ3) is 3.80. The molecule has 1 amide bonds. The predicted octanol–water partition coefficient (Wildman–Crippen LogP) is 3.45. The van der Waals surface area contributed by atoms with Crippen LogP contribution in [0.3, 0.4) is 0 Å². The van der Waals surface area contributed by atoms with Gasteiger partial charge in [0.2, 0.25) is 5.91 Å². The minimum atomic E-state index is 0.0803. The molecule has 0 radical (unpaired) electrons. The van der Waals surface area contributed by atoms with Gasteiger partial charge in [-0.2, -0.15) is 0 Å². The molecule has 104 valence electrons. The zero-order chi connectivity index (χ0) is 13.8. The highest BCUT2D eigenvalue weighted by Crippen LogP contribution is 2.23. The van der Waals surface area contributed by atoms with Crippen molar-refractivity contribution in [3.8, 4) is 0 Å². The monoisotopic (exact) mass is 261 g/mol. The number of hydrogen-bond acceptors (Lipinski definition) is 2. The first-order chi connectivity index (χ1) is 9.06. The molecule has 1 aromatic rings. The smallest absolute Gasteiger partial charge is 0.224 e. The highest BCUT2D eigenvalue weighted by Gasteiger charge is 2.24. The largest absolute Gasteiger partial charge is 0.378 e. The molecule has 2 atom stereocenters. The van der Waals surface area contributed by atoms with E-state index in [1.165, 1.54) is 0 Å². The van der Waals surface area contributed by atoms with Gasteiger partial charge in [0.15, 0.2) is 0 Å². The zero-order valence-electron chi connectivity index (χ0n) is 12.0. The van der Waals surface area contributed by atoms with Gasteiger partial charge in [-0.05, 0) is 49.8 Å². The van der Waals surface area contributed by atoms with Gasteiger partial charge in [-0.3, -0.25) is 4.79 Å². The number of benzene rings is 1. The average molecular weight is 261 g/mol. The number of anilines is 1. The van der Waals surface area contributed by atoms with E-state index in [-0.39, 0.29) is 17.9 Å². The second-order valence-electron chi connectivity index (χ2n) is 5.60. The fourth-order valence-electron chi connectivity index (χ4n) is 2.55. The maximum Gasteiger partial charge on any atom is 0.224 e. The summed E-state index contributed by atoms with van der Waals surface area (Å²) in [5.41, 5.74) is 3.18. The fourth-order valence-corrected chi connectivity index (χ4v) is 2.55. The molecule has 2 rings (SSSR count). The Morgan fingerprint density at radius 2 is 2.26 bits per heavy atom. The highest BCUT2D eigenvalue weighted by molar-refractivity contribution is 5.91. The summed E-state index contributed by atoms with van der Waals surface area (Å²) in [5.74, 6) is 0.365. The molecule has 0 unspecified atom stereocenters. The van der Waals surface area contributed by atoms with Crippen LogP contribution in [0.25, 0.3) is 0 Å². The van der Waals surface area contributed by atoms with E-state index in [9.17, 15) is 4.79 Å². The van der Waals surface area contributed by atoms with E-state index >= 15 is 0 Å². The molecule has 1 heterocycles. The third-order valence-electron chi connectivity index (χ3n) is 3.77. The zero-order valence-corrected chi connectivity index (χ0v) is 12.0. The van der Waals surface area contributed by atoms with Gasteiger partial charge in [0, 0.05) is 18.7 Å². The molecule has 0 saturated carbocycles. The van der Waals surface area contributed by atoms with E-state index in [0.29, 0.717) is 6.42 Å². The Hall–Kier alpha value is -1.35. The van der Waals surface area contributed by atoms with Crippen LogP contribution in [0.15, 0.2) is 18.2 Å². The molecule has 0 aliphatic carbocycles. The van der Waals surface area contributed by atoms with Gasteiger partial charge in [-0.1, -0.05) is 19.1 Å². The Bertz CT molecular complexity index is 450. The normalized spacial score (nSPS) is 20.3. The van der Waals surface area contributed by atoms with E-state index in [2.05, 4.69) is 18.3 Å². The number of nitrogens with one attached hydrogen (secondary N) is 1. The summed E-state index contributed by atoms with van der Waals surface area (Å²) in [6, 6.07) is 6.11. The Morgan fingerprint density at radius 3 is 2.95 bits per heavy atom. The van der Waals surface area contributed by atoms with Gasteiger partial charge in [-0.15, -0.1) is 0 Å². The predicted molar refractivity (Wildman–Crippen MR) is 77.3 cm³/mol. The Labute approximate surface area is 115 Å². The molecule has 3 nitrogen and oxygen atoms in total. The fraction of sp³-hybridized carbons (Fsp3) is 0.562. The summed E-state index contributed by atoms with van der Waals surface area (Å²) in [7, 11) is 0. The summed E-state index contributed by atoms with van der Waals surface area (Å²) < 4.78 is 5.63. The number of carbonyl (C=O) groups is 1. The Kier molecular flexibility index (Phi) is 4.59. The average Bonchev–Trinajstić information content (AvgIpc) is 2.87. The molecule has 1 fully saturated rings. The first-order valence-electron chi connectivity index (χ1n) is 7.05. The summed E-state index contributed by atoms with van der Waals surface area (Å²) in [6.07, 6.45) is 2.98. The van der Waals surface area contributed by atoms with Crippen LogP contribution in [0.1, 0.15) is 37.3 Å². The minimum Gasteiger partial charge on any atom is -0.378 e. The van der Waals surface area contributed by atoms with Crippen LogP contribution >= 0.6 is 0 Å². The van der Waals surface area contributed by atoms with Crippen LogP contribution in [-0.4, -0.2) is 18.6 Å². The van der Waals surface area contributed by atoms with E-state index in [1.807, 2.05) is 26.0 Å². The molecule has 1 aliphatic rings. The second kappa shape index (κ2) is 6.20. The Morgan fingerprint density at radius 1 is 1.47 bits per heavy atom. The van der Waals surface area contributed by atoms with E-state index in [4.69, 9.17) is 4.74 Å². The van der Waals surface area contributed by atoms with Crippen LogP contribution in [-0.2, 0) is 9.53 Å². The molecule has 1 aliphatic heterocycles. The number of aryl methyl sites for hydroxylation is 2. The van der Waals surface area contributed by atoms with Crippen LogP contribution in [0.5, 0.6) is 0 Å². The van der Waals surface area contributed by atoms with Crippen molar-refractivity contribution in [1.29, 1.82) is 0 Å².